The van der Waals surface area contributed by atoms with Crippen LogP contribution in [0.2, 0.25) is 5.02 Å². The zero-order valence-corrected chi connectivity index (χ0v) is 6.64. The van der Waals surface area contributed by atoms with Gasteiger partial charge in [0.25, 0.3) is 0 Å². The molecule has 0 amide bonds. The number of rotatable bonds is 3. The largest absolute Gasteiger partial charge is 0.346 e. The Bertz CT molecular complexity index is 210. The van der Waals surface area contributed by atoms with Gasteiger partial charge in [-0.1, -0.05) is 23.7 Å². The summed E-state index contributed by atoms with van der Waals surface area (Å²) in [5.74, 6) is 0. The Morgan fingerprint density at radius 2 is 1.91 bits per heavy atom. The molecule has 0 aliphatic rings. The maximum atomic E-state index is 11.5. The molecule has 0 unspecified atom stereocenters. The third-order valence-corrected chi connectivity index (χ3v) is 1.51. The molecule has 60 valence electrons. The molecule has 0 atom stereocenters. The van der Waals surface area contributed by atoms with Crippen molar-refractivity contribution in [3.63, 3.8) is 0 Å². The molecule has 3 heteroatoms. The summed E-state index contributed by atoms with van der Waals surface area (Å²) < 4.78 is 16.1. The van der Waals surface area contributed by atoms with Crippen molar-refractivity contribution in [2.45, 2.75) is 6.61 Å². The SMILES string of the molecule is FCOCc1ccc(Cl)cc1. The second-order valence-corrected chi connectivity index (χ2v) is 2.52. The van der Waals surface area contributed by atoms with Crippen molar-refractivity contribution in [1.82, 2.24) is 0 Å². The first kappa shape index (κ1) is 8.50. The van der Waals surface area contributed by atoms with Crippen molar-refractivity contribution in [3.8, 4) is 0 Å². The van der Waals surface area contributed by atoms with Gasteiger partial charge in [-0.05, 0) is 17.7 Å². The van der Waals surface area contributed by atoms with Crippen LogP contribution in [-0.2, 0) is 11.3 Å². The summed E-state index contributed by atoms with van der Waals surface area (Å²) in [5.41, 5.74) is 0.923. The highest BCUT2D eigenvalue weighted by atomic mass is 35.5. The highest BCUT2D eigenvalue weighted by molar-refractivity contribution is 6.30. The third-order valence-electron chi connectivity index (χ3n) is 1.26. The van der Waals surface area contributed by atoms with E-state index < -0.39 is 6.86 Å². The fourth-order valence-corrected chi connectivity index (χ4v) is 0.863. The second-order valence-electron chi connectivity index (χ2n) is 2.08. The van der Waals surface area contributed by atoms with Crippen molar-refractivity contribution in [2.24, 2.45) is 0 Å². The zero-order valence-electron chi connectivity index (χ0n) is 5.89. The smallest absolute Gasteiger partial charge is 0.188 e. The average Bonchev–Trinajstić information content (AvgIpc) is 2.04. The predicted octanol–water partition coefficient (Wildman–Crippen LogP) is 2.78. The van der Waals surface area contributed by atoms with Crippen LogP contribution in [0.1, 0.15) is 5.56 Å². The van der Waals surface area contributed by atoms with Crippen LogP contribution in [0.15, 0.2) is 24.3 Å². The lowest BCUT2D eigenvalue weighted by atomic mass is 10.2. The molecule has 0 aromatic heterocycles. The van der Waals surface area contributed by atoms with E-state index in [1.807, 2.05) is 0 Å². The van der Waals surface area contributed by atoms with Crippen LogP contribution in [0.5, 0.6) is 0 Å². The molecule has 1 aromatic rings. The van der Waals surface area contributed by atoms with E-state index in [0.717, 1.165) is 5.56 Å². The van der Waals surface area contributed by atoms with Crippen molar-refractivity contribution < 1.29 is 9.13 Å². The molecular weight excluding hydrogens is 167 g/mol. The Balaban J connectivity index is 2.52. The fourth-order valence-electron chi connectivity index (χ4n) is 0.737. The Labute approximate surface area is 69.7 Å². The fraction of sp³-hybridized carbons (Fsp3) is 0.250. The number of halogens is 2. The first-order chi connectivity index (χ1) is 5.33. The molecule has 0 saturated heterocycles. The van der Waals surface area contributed by atoms with Crippen LogP contribution in [0.4, 0.5) is 4.39 Å². The number of ether oxygens (including phenoxy) is 1. The first-order valence-corrected chi connectivity index (χ1v) is 3.59. The average molecular weight is 175 g/mol. The maximum absolute atomic E-state index is 11.5. The summed E-state index contributed by atoms with van der Waals surface area (Å²) in [6, 6.07) is 7.10. The van der Waals surface area contributed by atoms with E-state index in [9.17, 15) is 4.39 Å². The minimum atomic E-state index is -0.747. The number of alkyl halides is 1. The molecule has 0 radical (unpaired) electrons. The topological polar surface area (TPSA) is 9.23 Å². The second kappa shape index (κ2) is 4.31. The van der Waals surface area contributed by atoms with Gasteiger partial charge < -0.3 is 4.74 Å². The Hall–Kier alpha value is -0.600. The highest BCUT2D eigenvalue weighted by Crippen LogP contribution is 2.09. The van der Waals surface area contributed by atoms with Gasteiger partial charge in [-0.2, -0.15) is 0 Å². The normalized spacial score (nSPS) is 10.0. The van der Waals surface area contributed by atoms with E-state index in [1.165, 1.54) is 0 Å². The molecule has 1 rings (SSSR count). The zero-order chi connectivity index (χ0) is 8.10. The first-order valence-electron chi connectivity index (χ1n) is 3.21. The van der Waals surface area contributed by atoms with Crippen LogP contribution in [-0.4, -0.2) is 6.86 Å². The monoisotopic (exact) mass is 174 g/mol. The van der Waals surface area contributed by atoms with Gasteiger partial charge in [0, 0.05) is 5.02 Å². The number of hydrogen-bond donors (Lipinski definition) is 0. The molecule has 0 N–H and O–H groups in total. The molecule has 0 aliphatic carbocycles. The molecule has 0 heterocycles. The Kier molecular flexibility index (Phi) is 3.33. The standard InChI is InChI=1S/C8H8ClFO/c9-8-3-1-7(2-4-8)5-11-6-10/h1-4H,5-6H2. The Morgan fingerprint density at radius 1 is 1.27 bits per heavy atom. The minimum Gasteiger partial charge on any atom is -0.346 e. The molecule has 1 nitrogen and oxygen atoms in total. The Morgan fingerprint density at radius 3 is 2.45 bits per heavy atom. The lowest BCUT2D eigenvalue weighted by Crippen LogP contribution is -1.89. The van der Waals surface area contributed by atoms with E-state index in [4.69, 9.17) is 11.6 Å². The molecule has 0 bridgehead atoms. The molecule has 0 spiro atoms. The summed E-state index contributed by atoms with van der Waals surface area (Å²) >= 11 is 5.63. The van der Waals surface area contributed by atoms with Crippen molar-refractivity contribution >= 4 is 11.6 Å². The predicted molar refractivity (Wildman–Crippen MR) is 42.2 cm³/mol. The van der Waals surface area contributed by atoms with E-state index >= 15 is 0 Å². The number of benzene rings is 1. The van der Waals surface area contributed by atoms with E-state index in [0.29, 0.717) is 11.6 Å². The summed E-state index contributed by atoms with van der Waals surface area (Å²) in [7, 11) is 0. The van der Waals surface area contributed by atoms with Gasteiger partial charge in [-0.3, -0.25) is 0 Å². The summed E-state index contributed by atoms with van der Waals surface area (Å²) in [6.45, 7) is -0.448. The lowest BCUT2D eigenvalue weighted by Gasteiger charge is -1.98. The summed E-state index contributed by atoms with van der Waals surface area (Å²) in [6.07, 6.45) is 0. The lowest BCUT2D eigenvalue weighted by molar-refractivity contribution is 0.0462. The van der Waals surface area contributed by atoms with Gasteiger partial charge in [0.15, 0.2) is 6.86 Å². The molecule has 0 aliphatic heterocycles. The van der Waals surface area contributed by atoms with E-state index in [-0.39, 0.29) is 0 Å². The molecule has 0 saturated carbocycles. The van der Waals surface area contributed by atoms with Crippen molar-refractivity contribution in [2.75, 3.05) is 6.86 Å². The highest BCUT2D eigenvalue weighted by Gasteiger charge is 1.91. The van der Waals surface area contributed by atoms with Crippen LogP contribution in [0.25, 0.3) is 0 Å². The molecule has 11 heavy (non-hydrogen) atoms. The van der Waals surface area contributed by atoms with E-state index in [2.05, 4.69) is 4.74 Å². The van der Waals surface area contributed by atoms with Gasteiger partial charge in [-0.15, -0.1) is 0 Å². The van der Waals surface area contributed by atoms with Gasteiger partial charge in [-0.25, -0.2) is 4.39 Å². The van der Waals surface area contributed by atoms with Crippen LogP contribution >= 0.6 is 11.6 Å². The molecular formula is C8H8ClFO. The van der Waals surface area contributed by atoms with Crippen molar-refractivity contribution in [3.05, 3.63) is 34.9 Å². The van der Waals surface area contributed by atoms with Gasteiger partial charge >= 0.3 is 0 Å². The van der Waals surface area contributed by atoms with Gasteiger partial charge in [0.05, 0.1) is 6.61 Å². The van der Waals surface area contributed by atoms with Gasteiger partial charge in [0.2, 0.25) is 0 Å². The van der Waals surface area contributed by atoms with Crippen LogP contribution < -0.4 is 0 Å². The van der Waals surface area contributed by atoms with E-state index in [1.54, 1.807) is 24.3 Å². The van der Waals surface area contributed by atoms with Crippen molar-refractivity contribution in [1.29, 1.82) is 0 Å². The van der Waals surface area contributed by atoms with Crippen LogP contribution in [0, 0.1) is 0 Å². The number of hydrogen-bond acceptors (Lipinski definition) is 1. The third kappa shape index (κ3) is 2.87. The minimum absolute atomic E-state index is 0.299. The summed E-state index contributed by atoms with van der Waals surface area (Å²) in [4.78, 5) is 0. The molecule has 0 fully saturated rings. The maximum Gasteiger partial charge on any atom is 0.188 e. The molecule has 1 aromatic carbocycles. The van der Waals surface area contributed by atoms with Crippen LogP contribution in [0.3, 0.4) is 0 Å². The quantitative estimate of drug-likeness (QED) is 0.685. The summed E-state index contributed by atoms with van der Waals surface area (Å²) in [5, 5.41) is 0.675. The van der Waals surface area contributed by atoms with Gasteiger partial charge in [0.1, 0.15) is 0 Å².